The fourth-order valence-corrected chi connectivity index (χ4v) is 23.7. The van der Waals surface area contributed by atoms with E-state index in [1.165, 1.54) is 199 Å². The minimum absolute atomic E-state index is 0.0842. The summed E-state index contributed by atoms with van der Waals surface area (Å²) >= 11 is 0. The molecule has 4 nitrogen and oxygen atoms in total. The molecule has 0 unspecified atom stereocenters. The molecule has 10 aliphatic rings. The highest BCUT2D eigenvalue weighted by Crippen LogP contribution is 2.71. The third-order valence-electron chi connectivity index (χ3n) is 26.7. The van der Waals surface area contributed by atoms with E-state index in [4.69, 9.17) is 0 Å². The Morgan fingerprint density at radius 3 is 0.931 bits per heavy atom. The zero-order valence-electron chi connectivity index (χ0n) is 54.7. The van der Waals surface area contributed by atoms with Gasteiger partial charge in [-0.3, -0.25) is 0 Å². The first-order valence-corrected chi connectivity index (χ1v) is 36.0. The standard InChI is InChI=1S/C98H50N4/c1-100-76-47-80-87(92-85-62-34-8-4-30-58(62)83(90(76)92)59-31-5-9-35-63(59)85)69-44-65-55-27-15-21-41-75(55)98(72-38-18-12-24-52(72)53-25-13-19-39-73(53)98)94(65)89-67-45-77-66(46-78(67)102(80)96(69)89)88-93-64(54-26-14-20-40-74(54)97(93)70-36-16-10-22-50(70)51-23-11-17-37-71(51)97)43-68-86-79(101(77)95(68)88)42-49(48-99)81-82-56-28-2-6-32-60(56)84(91(81)86)61-33-7-3-29-57(61)82/h2-47,82-85H. The van der Waals surface area contributed by atoms with Gasteiger partial charge in [-0.15, -0.1) is 0 Å². The average Bonchev–Trinajstić information content (AvgIpc) is 1.47. The fraction of sp³-hybridized carbons (Fsp3) is 0.0612. The molecule has 0 saturated carbocycles. The molecule has 0 fully saturated rings. The van der Waals surface area contributed by atoms with E-state index in [-0.39, 0.29) is 23.7 Å². The lowest BCUT2D eigenvalue weighted by atomic mass is 9.59. The van der Waals surface area contributed by atoms with Crippen LogP contribution in [0.25, 0.3) is 126 Å². The first-order valence-electron chi connectivity index (χ1n) is 36.0. The van der Waals surface area contributed by atoms with Gasteiger partial charge >= 0.3 is 0 Å². The molecule has 0 N–H and O–H groups in total. The van der Waals surface area contributed by atoms with Crippen molar-refractivity contribution in [3.8, 4) is 50.6 Å². The number of hydrogen-bond donors (Lipinski definition) is 0. The Morgan fingerprint density at radius 1 is 0.294 bits per heavy atom. The third-order valence-corrected chi connectivity index (χ3v) is 26.7. The van der Waals surface area contributed by atoms with Crippen LogP contribution in [0, 0.1) is 17.9 Å². The molecular formula is C98H50N4. The van der Waals surface area contributed by atoms with Gasteiger partial charge in [0.05, 0.1) is 56.6 Å². The Balaban J connectivity index is 0.896. The lowest BCUT2D eigenvalue weighted by Gasteiger charge is -2.43. The maximum atomic E-state index is 12.0. The average molecular weight is 1280 g/mol. The minimum Gasteiger partial charge on any atom is -0.309 e. The SMILES string of the molecule is [C-]#[N+]c1cc2c(c3c1C1c4ccccc4C3c3ccccc31)c1cc3c(c4c5cc6c(cc5n2c14)c1c2c(cc4c5c7c(c(C#N)cc5n6c41)C1c4ccccc4C7c4ccccc41)-c1ccccc1C21c2ccccc2-c2ccccc21)C1(c2ccccc2-c2ccccc21)c1ccccc1-3. The molecule has 0 aliphatic heterocycles. The number of nitriles is 1. The molecule has 4 aromatic heterocycles. The molecule has 4 heteroatoms. The second kappa shape index (κ2) is 17.1. The van der Waals surface area contributed by atoms with Crippen molar-refractivity contribution in [2.45, 2.75) is 34.5 Å². The summed E-state index contributed by atoms with van der Waals surface area (Å²) in [5, 5.41) is 21.8. The summed E-state index contributed by atoms with van der Waals surface area (Å²) in [6.07, 6.45) is 0. The Kier molecular flexibility index (Phi) is 8.73. The second-order valence-electron chi connectivity index (χ2n) is 30.2. The topological polar surface area (TPSA) is 37.0 Å². The second-order valence-corrected chi connectivity index (χ2v) is 30.2. The number of nitrogens with zero attached hydrogens (tertiary/aromatic N) is 4. The van der Waals surface area contributed by atoms with Crippen molar-refractivity contribution in [3.05, 3.63) is 407 Å². The van der Waals surface area contributed by atoms with Crippen LogP contribution in [-0.2, 0) is 10.8 Å². The minimum atomic E-state index is -0.688. The molecule has 4 heterocycles. The maximum Gasteiger partial charge on any atom is 0.193 e. The molecule has 0 amide bonds. The highest BCUT2D eigenvalue weighted by atomic mass is 14.9. The van der Waals surface area contributed by atoms with Gasteiger partial charge in [-0.25, -0.2) is 4.85 Å². The number of aromatic nitrogens is 2. The lowest BCUT2D eigenvalue weighted by molar-refractivity contribution is 0.759. The monoisotopic (exact) mass is 1280 g/mol. The predicted molar refractivity (Wildman–Crippen MR) is 409 cm³/mol. The van der Waals surface area contributed by atoms with Crippen LogP contribution in [0.5, 0.6) is 0 Å². The number of fused-ring (bicyclic) bond motifs is 34. The molecule has 462 valence electrons. The van der Waals surface area contributed by atoms with Gasteiger partial charge in [0.15, 0.2) is 5.69 Å². The van der Waals surface area contributed by atoms with Gasteiger partial charge in [-0.1, -0.05) is 243 Å². The maximum absolute atomic E-state index is 12.0. The molecule has 0 atom stereocenters. The van der Waals surface area contributed by atoms with Gasteiger partial charge in [-0.2, -0.15) is 5.26 Å². The zero-order valence-corrected chi connectivity index (χ0v) is 54.7. The molecule has 102 heavy (non-hydrogen) atoms. The van der Waals surface area contributed by atoms with E-state index in [2.05, 4.69) is 299 Å². The highest BCUT2D eigenvalue weighted by molar-refractivity contribution is 6.34. The molecule has 15 aromatic carbocycles. The zero-order chi connectivity index (χ0) is 65.8. The van der Waals surface area contributed by atoms with E-state index in [0.29, 0.717) is 0 Å². The van der Waals surface area contributed by atoms with E-state index in [0.717, 1.165) is 44.4 Å². The van der Waals surface area contributed by atoms with Crippen molar-refractivity contribution < 1.29 is 0 Å². The molecule has 10 aliphatic carbocycles. The summed E-state index contributed by atoms with van der Waals surface area (Å²) in [6, 6.07) is 110. The first-order chi connectivity index (χ1) is 50.6. The van der Waals surface area contributed by atoms with Crippen LogP contribution in [0.15, 0.2) is 279 Å². The van der Waals surface area contributed by atoms with E-state index in [9.17, 15) is 11.8 Å². The first kappa shape index (κ1) is 52.0. The number of rotatable bonds is 0. The molecule has 19 aromatic rings. The van der Waals surface area contributed by atoms with Gasteiger partial charge in [0, 0.05) is 72.3 Å². The van der Waals surface area contributed by atoms with Gasteiger partial charge in [0.25, 0.3) is 0 Å². The van der Waals surface area contributed by atoms with Crippen molar-refractivity contribution in [2.24, 2.45) is 0 Å². The smallest absolute Gasteiger partial charge is 0.193 e. The van der Waals surface area contributed by atoms with Crippen molar-refractivity contribution in [1.29, 1.82) is 5.26 Å². The van der Waals surface area contributed by atoms with Gasteiger partial charge in [-0.05, 0) is 192 Å². The predicted octanol–water partition coefficient (Wildman–Crippen LogP) is 23.1. The van der Waals surface area contributed by atoms with E-state index >= 15 is 0 Å². The summed E-state index contributed by atoms with van der Waals surface area (Å²) < 4.78 is 5.30. The van der Waals surface area contributed by atoms with Crippen molar-refractivity contribution >= 4 is 81.9 Å². The van der Waals surface area contributed by atoms with Crippen molar-refractivity contribution in [2.75, 3.05) is 0 Å². The van der Waals surface area contributed by atoms with Gasteiger partial charge < -0.3 is 8.80 Å². The fourth-order valence-electron chi connectivity index (χ4n) is 23.7. The molecule has 2 spiro atoms. The Labute approximate surface area is 584 Å². The van der Waals surface area contributed by atoms with E-state index in [1.807, 2.05) is 0 Å². The third kappa shape index (κ3) is 5.26. The quantitative estimate of drug-likeness (QED) is 0.139. The largest absolute Gasteiger partial charge is 0.309 e. The van der Waals surface area contributed by atoms with Gasteiger partial charge in [0.1, 0.15) is 0 Å². The number of hydrogen-bond acceptors (Lipinski definition) is 1. The van der Waals surface area contributed by atoms with Crippen LogP contribution < -0.4 is 0 Å². The summed E-state index contributed by atoms with van der Waals surface area (Å²) in [5.74, 6) is -0.360. The van der Waals surface area contributed by atoms with Crippen molar-refractivity contribution in [3.63, 3.8) is 0 Å². The molecule has 0 saturated heterocycles. The normalized spacial score (nSPS) is 17.9. The Morgan fingerprint density at radius 2 is 0.588 bits per heavy atom. The van der Waals surface area contributed by atoms with Gasteiger partial charge in [0.2, 0.25) is 0 Å². The van der Waals surface area contributed by atoms with Crippen LogP contribution in [0.3, 0.4) is 0 Å². The highest BCUT2D eigenvalue weighted by Gasteiger charge is 2.57. The Bertz CT molecular complexity index is 6830. The van der Waals surface area contributed by atoms with Crippen molar-refractivity contribution in [1.82, 2.24) is 8.80 Å². The molecule has 0 radical (unpaired) electrons. The van der Waals surface area contributed by atoms with E-state index in [1.54, 1.807) is 0 Å². The van der Waals surface area contributed by atoms with E-state index < -0.39 is 10.8 Å². The van der Waals surface area contributed by atoms with Crippen LogP contribution in [-0.4, -0.2) is 8.80 Å². The molecule has 29 rings (SSSR count). The summed E-state index contributed by atoms with van der Waals surface area (Å²) in [5.41, 5.74) is 42.8. The summed E-state index contributed by atoms with van der Waals surface area (Å²) in [7, 11) is 0. The summed E-state index contributed by atoms with van der Waals surface area (Å²) in [6.45, 7) is 9.44. The Hall–Kier alpha value is -13.1. The van der Waals surface area contributed by atoms with Crippen LogP contribution >= 0.6 is 0 Å². The van der Waals surface area contributed by atoms with Crippen LogP contribution in [0.1, 0.15) is 141 Å². The van der Waals surface area contributed by atoms with Crippen LogP contribution in [0.4, 0.5) is 5.69 Å². The lowest BCUT2D eigenvalue weighted by Crippen LogP contribution is -2.28. The summed E-state index contributed by atoms with van der Waals surface area (Å²) in [4.78, 5) is 4.68. The molecular weight excluding hydrogens is 1230 g/mol. The van der Waals surface area contributed by atoms with Crippen LogP contribution in [0.2, 0.25) is 0 Å². The number of benzene rings is 15. The molecule has 4 bridgehead atoms.